The van der Waals surface area contributed by atoms with Crippen molar-refractivity contribution in [3.8, 4) is 0 Å². The van der Waals surface area contributed by atoms with Crippen molar-refractivity contribution in [1.82, 2.24) is 10.3 Å². The van der Waals surface area contributed by atoms with Gasteiger partial charge in [-0.05, 0) is 43.6 Å². The van der Waals surface area contributed by atoms with Crippen LogP contribution in [-0.2, 0) is 0 Å². The Labute approximate surface area is 109 Å². The second-order valence-corrected chi connectivity index (χ2v) is 6.53. The van der Waals surface area contributed by atoms with Crippen molar-refractivity contribution in [1.29, 1.82) is 0 Å². The number of aromatic nitrogens is 1. The third kappa shape index (κ3) is 3.29. The lowest BCUT2D eigenvalue weighted by Gasteiger charge is -2.36. The van der Waals surface area contributed by atoms with Crippen LogP contribution in [0.4, 0.5) is 0 Å². The lowest BCUT2D eigenvalue weighted by molar-refractivity contribution is 0.179. The fraction of sp³-hybridized carbons (Fsp3) is 0.786. The minimum Gasteiger partial charge on any atom is -0.309 e. The molecule has 0 amide bonds. The maximum atomic E-state index is 4.24. The first kappa shape index (κ1) is 13.0. The Balaban J connectivity index is 2.10. The van der Waals surface area contributed by atoms with Gasteiger partial charge in [-0.25, -0.2) is 0 Å². The number of rotatable bonds is 4. The van der Waals surface area contributed by atoms with E-state index in [1.165, 1.54) is 24.1 Å². The summed E-state index contributed by atoms with van der Waals surface area (Å²) in [6, 6.07) is 0.526. The molecule has 0 radical (unpaired) electrons. The highest BCUT2D eigenvalue weighted by Crippen LogP contribution is 2.40. The molecule has 1 fully saturated rings. The van der Waals surface area contributed by atoms with Crippen LogP contribution in [0.5, 0.6) is 0 Å². The molecular formula is C14H24N2S. The zero-order valence-corrected chi connectivity index (χ0v) is 12.0. The fourth-order valence-electron chi connectivity index (χ4n) is 3.38. The van der Waals surface area contributed by atoms with Gasteiger partial charge in [0.25, 0.3) is 0 Å². The van der Waals surface area contributed by atoms with E-state index in [2.05, 4.69) is 31.1 Å². The van der Waals surface area contributed by atoms with Crippen LogP contribution in [0.15, 0.2) is 11.7 Å². The lowest BCUT2D eigenvalue weighted by atomic mass is 9.73. The maximum Gasteiger partial charge on any atom is 0.0794 e. The van der Waals surface area contributed by atoms with Gasteiger partial charge in [0.05, 0.1) is 5.51 Å². The van der Waals surface area contributed by atoms with Gasteiger partial charge >= 0.3 is 0 Å². The van der Waals surface area contributed by atoms with E-state index in [1.807, 2.05) is 11.7 Å². The van der Waals surface area contributed by atoms with E-state index in [9.17, 15) is 0 Å². The van der Waals surface area contributed by atoms with Gasteiger partial charge in [0.2, 0.25) is 0 Å². The molecule has 0 aromatic carbocycles. The zero-order valence-electron chi connectivity index (χ0n) is 11.1. The average molecular weight is 252 g/mol. The molecule has 2 nitrogen and oxygen atoms in total. The fourth-order valence-corrected chi connectivity index (χ4v) is 4.17. The molecule has 1 aliphatic carbocycles. The first-order valence-electron chi connectivity index (χ1n) is 6.82. The van der Waals surface area contributed by atoms with Gasteiger partial charge < -0.3 is 5.32 Å². The van der Waals surface area contributed by atoms with Gasteiger partial charge in [-0.1, -0.05) is 20.8 Å². The molecule has 3 atom stereocenters. The molecule has 96 valence electrons. The van der Waals surface area contributed by atoms with E-state index >= 15 is 0 Å². The van der Waals surface area contributed by atoms with Crippen molar-refractivity contribution in [3.63, 3.8) is 0 Å². The summed E-state index contributed by atoms with van der Waals surface area (Å²) >= 11 is 1.79. The van der Waals surface area contributed by atoms with Gasteiger partial charge in [0.1, 0.15) is 0 Å². The van der Waals surface area contributed by atoms with E-state index in [0.717, 1.165) is 24.3 Å². The summed E-state index contributed by atoms with van der Waals surface area (Å²) in [4.78, 5) is 5.65. The van der Waals surface area contributed by atoms with E-state index in [-0.39, 0.29) is 0 Å². The van der Waals surface area contributed by atoms with E-state index in [4.69, 9.17) is 0 Å². The predicted octanol–water partition coefficient (Wildman–Crippen LogP) is 3.87. The Morgan fingerprint density at radius 1 is 1.35 bits per heavy atom. The topological polar surface area (TPSA) is 24.9 Å². The van der Waals surface area contributed by atoms with Crippen LogP contribution >= 0.6 is 11.3 Å². The monoisotopic (exact) mass is 252 g/mol. The number of hydrogen-bond donors (Lipinski definition) is 1. The molecule has 0 aliphatic heterocycles. The van der Waals surface area contributed by atoms with E-state index < -0.39 is 0 Å². The van der Waals surface area contributed by atoms with Crippen molar-refractivity contribution in [2.75, 3.05) is 6.54 Å². The predicted molar refractivity (Wildman–Crippen MR) is 74.2 cm³/mol. The highest BCUT2D eigenvalue weighted by atomic mass is 32.1. The lowest BCUT2D eigenvalue weighted by Crippen LogP contribution is -2.32. The number of nitrogens with zero attached hydrogens (tertiary/aromatic N) is 1. The summed E-state index contributed by atoms with van der Waals surface area (Å²) in [6.07, 6.45) is 6.17. The van der Waals surface area contributed by atoms with Gasteiger partial charge in [0.15, 0.2) is 0 Å². The van der Waals surface area contributed by atoms with Crippen LogP contribution in [-0.4, -0.2) is 11.5 Å². The highest BCUT2D eigenvalue weighted by Gasteiger charge is 2.31. The molecule has 2 rings (SSSR count). The minimum absolute atomic E-state index is 0.526. The summed E-state index contributed by atoms with van der Waals surface area (Å²) in [5, 5.41) is 3.67. The largest absolute Gasteiger partial charge is 0.309 e. The molecule has 1 saturated carbocycles. The Morgan fingerprint density at radius 2 is 2.06 bits per heavy atom. The van der Waals surface area contributed by atoms with Crippen LogP contribution in [0.3, 0.4) is 0 Å². The first-order chi connectivity index (χ1) is 8.20. The van der Waals surface area contributed by atoms with E-state index in [0.29, 0.717) is 6.04 Å². The van der Waals surface area contributed by atoms with Gasteiger partial charge in [0, 0.05) is 17.1 Å². The van der Waals surface area contributed by atoms with Crippen molar-refractivity contribution in [3.05, 3.63) is 16.6 Å². The summed E-state index contributed by atoms with van der Waals surface area (Å²) in [5.74, 6) is 2.53. The molecule has 17 heavy (non-hydrogen) atoms. The molecule has 0 saturated heterocycles. The Kier molecular flexibility index (Phi) is 4.57. The smallest absolute Gasteiger partial charge is 0.0794 e. The number of hydrogen-bond acceptors (Lipinski definition) is 3. The highest BCUT2D eigenvalue weighted by molar-refractivity contribution is 7.09. The third-order valence-electron chi connectivity index (χ3n) is 3.87. The maximum absolute atomic E-state index is 4.24. The van der Waals surface area contributed by atoms with Crippen molar-refractivity contribution >= 4 is 11.3 Å². The SMILES string of the molecule is CCNC(c1cncs1)C1CC(C)CC(C)C1. The van der Waals surface area contributed by atoms with Gasteiger partial charge in [-0.2, -0.15) is 0 Å². The molecule has 1 aromatic rings. The first-order valence-corrected chi connectivity index (χ1v) is 7.70. The van der Waals surface area contributed by atoms with Crippen molar-refractivity contribution in [2.24, 2.45) is 17.8 Å². The minimum atomic E-state index is 0.526. The second kappa shape index (κ2) is 5.96. The van der Waals surface area contributed by atoms with Crippen LogP contribution in [0.1, 0.15) is 51.0 Å². The molecule has 1 aliphatic rings. The molecule has 3 unspecified atom stereocenters. The third-order valence-corrected chi connectivity index (χ3v) is 4.73. The van der Waals surface area contributed by atoms with Gasteiger partial charge in [-0.15, -0.1) is 11.3 Å². The van der Waals surface area contributed by atoms with Crippen LogP contribution in [0.25, 0.3) is 0 Å². The quantitative estimate of drug-likeness (QED) is 0.880. The summed E-state index contributed by atoms with van der Waals surface area (Å²) in [5.41, 5.74) is 1.95. The number of nitrogens with one attached hydrogen (secondary N) is 1. The molecular weight excluding hydrogens is 228 g/mol. The van der Waals surface area contributed by atoms with Crippen LogP contribution in [0.2, 0.25) is 0 Å². The summed E-state index contributed by atoms with van der Waals surface area (Å²) in [7, 11) is 0. The van der Waals surface area contributed by atoms with Crippen LogP contribution in [0, 0.1) is 17.8 Å². The van der Waals surface area contributed by atoms with Crippen molar-refractivity contribution < 1.29 is 0 Å². The summed E-state index contributed by atoms with van der Waals surface area (Å²) < 4.78 is 0. The molecule has 3 heteroatoms. The number of thiazole rings is 1. The molecule has 1 aromatic heterocycles. The van der Waals surface area contributed by atoms with E-state index in [1.54, 1.807) is 11.3 Å². The normalized spacial score (nSPS) is 31.4. The Bertz CT molecular complexity index is 313. The molecule has 1 heterocycles. The van der Waals surface area contributed by atoms with Crippen molar-refractivity contribution in [2.45, 2.75) is 46.1 Å². The zero-order chi connectivity index (χ0) is 12.3. The Morgan fingerprint density at radius 3 is 2.59 bits per heavy atom. The Hall–Kier alpha value is -0.410. The van der Waals surface area contributed by atoms with Crippen LogP contribution < -0.4 is 5.32 Å². The van der Waals surface area contributed by atoms with Gasteiger partial charge in [-0.3, -0.25) is 4.98 Å². The standard InChI is InChI=1S/C14H24N2S/c1-4-16-14(13-8-15-9-17-13)12-6-10(2)5-11(3)7-12/h8-12,14,16H,4-7H2,1-3H3. The molecule has 1 N–H and O–H groups in total. The average Bonchev–Trinajstić information content (AvgIpc) is 2.77. The summed E-state index contributed by atoms with van der Waals surface area (Å²) in [6.45, 7) is 8.04. The second-order valence-electron chi connectivity index (χ2n) is 5.62. The molecule has 0 bridgehead atoms. The molecule has 0 spiro atoms.